The molecule has 2 heterocycles. The van der Waals surface area contributed by atoms with E-state index >= 15 is 0 Å². The molecule has 2 aromatic rings. The molecule has 0 aliphatic heterocycles. The normalized spacial score (nSPS) is 10.0. The van der Waals surface area contributed by atoms with E-state index in [9.17, 15) is 10.1 Å². The molecular formula is C9H7N5O2. The van der Waals surface area contributed by atoms with Crippen molar-refractivity contribution in [1.29, 1.82) is 0 Å². The zero-order valence-corrected chi connectivity index (χ0v) is 8.07. The van der Waals surface area contributed by atoms with E-state index in [0.29, 0.717) is 5.56 Å². The first-order chi connectivity index (χ1) is 7.68. The van der Waals surface area contributed by atoms with Gasteiger partial charge in [-0.05, 0) is 12.1 Å². The summed E-state index contributed by atoms with van der Waals surface area (Å²) in [5.74, 6) is -0.00977. The van der Waals surface area contributed by atoms with Crippen molar-refractivity contribution in [3.8, 4) is 11.3 Å². The summed E-state index contributed by atoms with van der Waals surface area (Å²) >= 11 is 0. The predicted octanol–water partition coefficient (Wildman–Crippen LogP) is 1.03. The Hall–Kier alpha value is -2.57. The van der Waals surface area contributed by atoms with Crippen LogP contribution in [0, 0.1) is 10.1 Å². The highest BCUT2D eigenvalue weighted by Gasteiger charge is 2.17. The lowest BCUT2D eigenvalue weighted by molar-refractivity contribution is -0.384. The predicted molar refractivity (Wildman–Crippen MR) is 56.3 cm³/mol. The highest BCUT2D eigenvalue weighted by atomic mass is 16.6. The lowest BCUT2D eigenvalue weighted by Gasteiger charge is -2.01. The van der Waals surface area contributed by atoms with Crippen molar-refractivity contribution < 1.29 is 4.92 Å². The van der Waals surface area contributed by atoms with Gasteiger partial charge in [0.2, 0.25) is 5.95 Å². The standard InChI is InChI=1S/C9H7N5O2/c10-9-12-5-7(14(15)16)8(13-9)6-2-1-3-11-4-6/h1-5H,(H2,10,12,13). The Morgan fingerprint density at radius 1 is 1.38 bits per heavy atom. The van der Waals surface area contributed by atoms with Crippen LogP contribution < -0.4 is 5.73 Å². The number of nitrogens with zero attached hydrogens (tertiary/aromatic N) is 4. The van der Waals surface area contributed by atoms with Gasteiger partial charge in [0.05, 0.1) is 4.92 Å². The molecule has 7 nitrogen and oxygen atoms in total. The molecule has 0 radical (unpaired) electrons. The van der Waals surface area contributed by atoms with Gasteiger partial charge in [-0.3, -0.25) is 15.1 Å². The van der Waals surface area contributed by atoms with Crippen LogP contribution in [0.3, 0.4) is 0 Å². The van der Waals surface area contributed by atoms with E-state index in [1.165, 1.54) is 6.20 Å². The first-order valence-electron chi connectivity index (χ1n) is 4.36. The minimum absolute atomic E-state index is 0.00977. The van der Waals surface area contributed by atoms with Crippen LogP contribution in [-0.2, 0) is 0 Å². The van der Waals surface area contributed by atoms with Crippen molar-refractivity contribution in [1.82, 2.24) is 15.0 Å². The second-order valence-corrected chi connectivity index (χ2v) is 2.96. The molecule has 0 aliphatic rings. The third-order valence-electron chi connectivity index (χ3n) is 1.92. The van der Waals surface area contributed by atoms with Crippen LogP contribution >= 0.6 is 0 Å². The molecule has 0 spiro atoms. The lowest BCUT2D eigenvalue weighted by Crippen LogP contribution is -2.01. The molecule has 0 amide bonds. The molecule has 0 bridgehead atoms. The van der Waals surface area contributed by atoms with Gasteiger partial charge in [0.25, 0.3) is 0 Å². The molecule has 0 atom stereocenters. The summed E-state index contributed by atoms with van der Waals surface area (Å²) in [6.45, 7) is 0. The van der Waals surface area contributed by atoms with Crippen LogP contribution in [0.1, 0.15) is 0 Å². The molecule has 0 aromatic carbocycles. The second-order valence-electron chi connectivity index (χ2n) is 2.96. The topological polar surface area (TPSA) is 108 Å². The van der Waals surface area contributed by atoms with Crippen LogP contribution in [0.15, 0.2) is 30.7 Å². The summed E-state index contributed by atoms with van der Waals surface area (Å²) in [6.07, 6.45) is 4.14. The third-order valence-corrected chi connectivity index (χ3v) is 1.92. The van der Waals surface area contributed by atoms with Crippen molar-refractivity contribution in [2.24, 2.45) is 0 Å². The quantitative estimate of drug-likeness (QED) is 0.594. The van der Waals surface area contributed by atoms with Gasteiger partial charge in [-0.15, -0.1) is 0 Å². The third kappa shape index (κ3) is 1.78. The number of anilines is 1. The van der Waals surface area contributed by atoms with Gasteiger partial charge >= 0.3 is 5.69 Å². The second kappa shape index (κ2) is 3.89. The fourth-order valence-corrected chi connectivity index (χ4v) is 1.24. The van der Waals surface area contributed by atoms with Crippen LogP contribution in [0.5, 0.6) is 0 Å². The molecule has 0 fully saturated rings. The maximum atomic E-state index is 10.8. The van der Waals surface area contributed by atoms with E-state index in [4.69, 9.17) is 5.73 Å². The smallest absolute Gasteiger partial charge is 0.313 e. The average Bonchev–Trinajstić information content (AvgIpc) is 2.29. The maximum Gasteiger partial charge on any atom is 0.313 e. The van der Waals surface area contributed by atoms with Gasteiger partial charge in [0.15, 0.2) is 5.69 Å². The van der Waals surface area contributed by atoms with Gasteiger partial charge in [-0.2, -0.15) is 0 Å². The molecule has 2 aromatic heterocycles. The van der Waals surface area contributed by atoms with Gasteiger partial charge < -0.3 is 5.73 Å². The van der Waals surface area contributed by atoms with E-state index in [1.54, 1.807) is 18.3 Å². The number of nitro groups is 1. The Kier molecular flexibility index (Phi) is 2.42. The SMILES string of the molecule is Nc1ncc([N+](=O)[O-])c(-c2cccnc2)n1. The summed E-state index contributed by atoms with van der Waals surface area (Å²) in [5, 5.41) is 10.8. The highest BCUT2D eigenvalue weighted by Crippen LogP contribution is 2.26. The first kappa shape index (κ1) is 9.97. The summed E-state index contributed by atoms with van der Waals surface area (Å²) in [7, 11) is 0. The Morgan fingerprint density at radius 3 is 2.81 bits per heavy atom. The number of rotatable bonds is 2. The fourth-order valence-electron chi connectivity index (χ4n) is 1.24. The first-order valence-corrected chi connectivity index (χ1v) is 4.36. The van der Waals surface area contributed by atoms with Crippen molar-refractivity contribution in [2.75, 3.05) is 5.73 Å². The van der Waals surface area contributed by atoms with Gasteiger partial charge in [0, 0.05) is 18.0 Å². The Bertz CT molecular complexity index is 529. The fraction of sp³-hybridized carbons (Fsp3) is 0. The highest BCUT2D eigenvalue weighted by molar-refractivity contribution is 5.68. The van der Waals surface area contributed by atoms with Crippen LogP contribution in [0.25, 0.3) is 11.3 Å². The zero-order chi connectivity index (χ0) is 11.5. The number of nitrogen functional groups attached to an aromatic ring is 1. The van der Waals surface area contributed by atoms with Crippen molar-refractivity contribution in [2.45, 2.75) is 0 Å². The summed E-state index contributed by atoms with van der Waals surface area (Å²) in [6, 6.07) is 3.33. The number of hydrogen-bond donors (Lipinski definition) is 1. The van der Waals surface area contributed by atoms with Crippen LogP contribution in [0.2, 0.25) is 0 Å². The van der Waals surface area contributed by atoms with E-state index in [-0.39, 0.29) is 17.3 Å². The van der Waals surface area contributed by atoms with Gasteiger partial charge in [0.1, 0.15) is 6.20 Å². The number of nitrogens with two attached hydrogens (primary N) is 1. The molecule has 0 saturated carbocycles. The summed E-state index contributed by atoms with van der Waals surface area (Å²) in [4.78, 5) is 21.5. The molecule has 0 unspecified atom stereocenters. The Balaban J connectivity index is 2.63. The summed E-state index contributed by atoms with van der Waals surface area (Å²) in [5.41, 5.74) is 5.91. The average molecular weight is 217 g/mol. The number of pyridine rings is 1. The summed E-state index contributed by atoms with van der Waals surface area (Å²) < 4.78 is 0. The van der Waals surface area contributed by atoms with E-state index < -0.39 is 4.92 Å². The van der Waals surface area contributed by atoms with Gasteiger partial charge in [-0.1, -0.05) is 0 Å². The zero-order valence-electron chi connectivity index (χ0n) is 8.07. The Labute approximate surface area is 90.1 Å². The van der Waals surface area contributed by atoms with Gasteiger partial charge in [-0.25, -0.2) is 9.97 Å². The molecule has 7 heteroatoms. The molecular weight excluding hydrogens is 210 g/mol. The Morgan fingerprint density at radius 2 is 2.19 bits per heavy atom. The molecule has 2 rings (SSSR count). The van der Waals surface area contributed by atoms with E-state index in [1.807, 2.05) is 0 Å². The van der Waals surface area contributed by atoms with E-state index in [2.05, 4.69) is 15.0 Å². The number of aromatic nitrogens is 3. The number of hydrogen-bond acceptors (Lipinski definition) is 6. The minimum atomic E-state index is -0.554. The largest absolute Gasteiger partial charge is 0.368 e. The monoisotopic (exact) mass is 217 g/mol. The lowest BCUT2D eigenvalue weighted by atomic mass is 10.2. The molecule has 0 saturated heterocycles. The van der Waals surface area contributed by atoms with Crippen LogP contribution in [0.4, 0.5) is 11.6 Å². The van der Waals surface area contributed by atoms with Crippen molar-refractivity contribution in [3.63, 3.8) is 0 Å². The molecule has 80 valence electrons. The van der Waals surface area contributed by atoms with Crippen LogP contribution in [-0.4, -0.2) is 19.9 Å². The van der Waals surface area contributed by atoms with Crippen molar-refractivity contribution in [3.05, 3.63) is 40.8 Å². The van der Waals surface area contributed by atoms with Crippen molar-refractivity contribution >= 4 is 11.6 Å². The maximum absolute atomic E-state index is 10.8. The molecule has 16 heavy (non-hydrogen) atoms. The molecule has 2 N–H and O–H groups in total. The molecule has 0 aliphatic carbocycles. The van der Waals surface area contributed by atoms with E-state index in [0.717, 1.165) is 6.20 Å². The minimum Gasteiger partial charge on any atom is -0.368 e.